The van der Waals surface area contributed by atoms with E-state index in [1.807, 2.05) is 4.90 Å². The maximum Gasteiger partial charge on any atom is 0.471 e. The first-order valence-corrected chi connectivity index (χ1v) is 10.0. The lowest BCUT2D eigenvalue weighted by Crippen LogP contribution is -2.51. The van der Waals surface area contributed by atoms with E-state index in [4.69, 9.17) is 0 Å². The fraction of sp³-hybridized carbons (Fsp3) is 0.286. The number of nitrogens with zero attached hydrogens (tertiary/aromatic N) is 5. The van der Waals surface area contributed by atoms with Crippen molar-refractivity contribution in [1.29, 1.82) is 0 Å². The molecule has 9 nitrogen and oxygen atoms in total. The molecule has 0 spiro atoms. The third-order valence-corrected chi connectivity index (χ3v) is 5.07. The van der Waals surface area contributed by atoms with Crippen molar-refractivity contribution in [3.8, 4) is 11.4 Å². The number of rotatable bonds is 5. The minimum Gasteiger partial charge on any atom is -0.353 e. The average molecular weight is 460 g/mol. The SMILES string of the molecule is O=C(NCC(=O)N1CCN(c2ccc(-c3noc(C(F)(F)F)n3)cn2)CC1)c1ccccc1. The number of amides is 2. The molecule has 2 amide bonds. The van der Waals surface area contributed by atoms with Crippen LogP contribution in [0.15, 0.2) is 53.2 Å². The molecule has 0 bridgehead atoms. The van der Waals surface area contributed by atoms with Gasteiger partial charge in [-0.1, -0.05) is 23.4 Å². The molecule has 0 saturated carbocycles. The van der Waals surface area contributed by atoms with Crippen LogP contribution in [0.5, 0.6) is 0 Å². The van der Waals surface area contributed by atoms with Crippen molar-refractivity contribution in [3.05, 3.63) is 60.1 Å². The quantitative estimate of drug-likeness (QED) is 0.623. The molecule has 1 saturated heterocycles. The molecule has 12 heteroatoms. The summed E-state index contributed by atoms with van der Waals surface area (Å²) in [6.07, 6.45) is -3.34. The normalized spacial score (nSPS) is 14.3. The minimum absolute atomic E-state index is 0.0920. The Balaban J connectivity index is 1.28. The highest BCUT2D eigenvalue weighted by Crippen LogP contribution is 2.29. The van der Waals surface area contributed by atoms with Crippen molar-refractivity contribution in [2.75, 3.05) is 37.6 Å². The van der Waals surface area contributed by atoms with E-state index in [0.717, 1.165) is 0 Å². The van der Waals surface area contributed by atoms with Gasteiger partial charge in [0, 0.05) is 43.5 Å². The van der Waals surface area contributed by atoms with Gasteiger partial charge in [0.05, 0.1) is 6.54 Å². The van der Waals surface area contributed by atoms with E-state index < -0.39 is 12.1 Å². The van der Waals surface area contributed by atoms with Crippen LogP contribution in [0.4, 0.5) is 19.0 Å². The number of piperazine rings is 1. The predicted molar refractivity (Wildman–Crippen MR) is 110 cm³/mol. The van der Waals surface area contributed by atoms with Crippen LogP contribution in [0.1, 0.15) is 16.2 Å². The van der Waals surface area contributed by atoms with Crippen LogP contribution >= 0.6 is 0 Å². The van der Waals surface area contributed by atoms with Crippen LogP contribution < -0.4 is 10.2 Å². The van der Waals surface area contributed by atoms with E-state index in [1.165, 1.54) is 6.20 Å². The zero-order valence-corrected chi connectivity index (χ0v) is 17.2. The second-order valence-electron chi connectivity index (χ2n) is 7.24. The molecule has 3 aromatic rings. The summed E-state index contributed by atoms with van der Waals surface area (Å²) in [5.41, 5.74) is 0.779. The third kappa shape index (κ3) is 5.27. The van der Waals surface area contributed by atoms with Crippen molar-refractivity contribution in [2.24, 2.45) is 0 Å². The molecular formula is C21H19F3N6O3. The average Bonchev–Trinajstić information content (AvgIpc) is 3.34. The number of carbonyl (C=O) groups is 2. The number of nitrogens with one attached hydrogen (secondary N) is 1. The summed E-state index contributed by atoms with van der Waals surface area (Å²) in [5.74, 6) is -1.49. The first-order valence-electron chi connectivity index (χ1n) is 10.0. The zero-order valence-electron chi connectivity index (χ0n) is 17.2. The smallest absolute Gasteiger partial charge is 0.353 e. The van der Waals surface area contributed by atoms with Crippen molar-refractivity contribution in [2.45, 2.75) is 6.18 Å². The molecule has 0 aliphatic carbocycles. The number of halogens is 3. The summed E-state index contributed by atoms with van der Waals surface area (Å²) in [6.45, 7) is 1.84. The summed E-state index contributed by atoms with van der Waals surface area (Å²) >= 11 is 0. The zero-order chi connectivity index (χ0) is 23.4. The number of hydrogen-bond donors (Lipinski definition) is 1. The highest BCUT2D eigenvalue weighted by Gasteiger charge is 2.38. The Morgan fingerprint density at radius 2 is 1.76 bits per heavy atom. The molecule has 3 heterocycles. The number of alkyl halides is 3. The summed E-state index contributed by atoms with van der Waals surface area (Å²) < 4.78 is 42.1. The molecule has 33 heavy (non-hydrogen) atoms. The van der Waals surface area contributed by atoms with Gasteiger partial charge in [-0.15, -0.1) is 0 Å². The summed E-state index contributed by atoms with van der Waals surface area (Å²) in [4.78, 5) is 35.7. The van der Waals surface area contributed by atoms with Gasteiger partial charge in [0.1, 0.15) is 5.82 Å². The van der Waals surface area contributed by atoms with E-state index in [0.29, 0.717) is 43.1 Å². The molecule has 172 valence electrons. The third-order valence-electron chi connectivity index (χ3n) is 5.07. The molecular weight excluding hydrogens is 441 g/mol. The number of pyridine rings is 1. The number of anilines is 1. The van der Waals surface area contributed by atoms with E-state index in [9.17, 15) is 22.8 Å². The van der Waals surface area contributed by atoms with Gasteiger partial charge in [-0.25, -0.2) is 4.98 Å². The van der Waals surface area contributed by atoms with E-state index >= 15 is 0 Å². The van der Waals surface area contributed by atoms with Crippen molar-refractivity contribution >= 4 is 17.6 Å². The van der Waals surface area contributed by atoms with Gasteiger partial charge in [0.2, 0.25) is 11.7 Å². The Bertz CT molecular complexity index is 1110. The highest BCUT2D eigenvalue weighted by molar-refractivity contribution is 5.96. The Labute approximate surface area is 186 Å². The molecule has 1 fully saturated rings. The van der Waals surface area contributed by atoms with Crippen LogP contribution in [-0.4, -0.2) is 64.6 Å². The van der Waals surface area contributed by atoms with E-state index in [1.54, 1.807) is 47.4 Å². The topological polar surface area (TPSA) is 104 Å². The molecule has 1 aliphatic rings. The molecule has 1 aliphatic heterocycles. The second kappa shape index (κ2) is 9.27. The number of aromatic nitrogens is 3. The van der Waals surface area contributed by atoms with Crippen LogP contribution in [0.2, 0.25) is 0 Å². The van der Waals surface area contributed by atoms with Gasteiger partial charge in [0.15, 0.2) is 0 Å². The molecule has 0 atom stereocenters. The van der Waals surface area contributed by atoms with Crippen molar-refractivity contribution in [1.82, 2.24) is 25.3 Å². The molecule has 2 aromatic heterocycles. The lowest BCUT2D eigenvalue weighted by Gasteiger charge is -2.35. The largest absolute Gasteiger partial charge is 0.471 e. The fourth-order valence-electron chi connectivity index (χ4n) is 3.31. The van der Waals surface area contributed by atoms with Gasteiger partial charge in [-0.05, 0) is 24.3 Å². The highest BCUT2D eigenvalue weighted by atomic mass is 19.4. The summed E-state index contributed by atoms with van der Waals surface area (Å²) in [7, 11) is 0. The van der Waals surface area contributed by atoms with Gasteiger partial charge in [-0.3, -0.25) is 9.59 Å². The first kappa shape index (κ1) is 22.2. The van der Waals surface area contributed by atoms with Gasteiger partial charge < -0.3 is 19.6 Å². The van der Waals surface area contributed by atoms with Crippen LogP contribution in [0, 0.1) is 0 Å². The molecule has 4 rings (SSSR count). The van der Waals surface area contributed by atoms with E-state index in [-0.39, 0.29) is 24.2 Å². The first-order chi connectivity index (χ1) is 15.8. The van der Waals surface area contributed by atoms with Crippen LogP contribution in [0.3, 0.4) is 0 Å². The Morgan fingerprint density at radius 3 is 2.36 bits per heavy atom. The summed E-state index contributed by atoms with van der Waals surface area (Å²) in [5, 5.41) is 5.97. The van der Waals surface area contributed by atoms with Crippen molar-refractivity contribution in [3.63, 3.8) is 0 Å². The maximum atomic E-state index is 12.6. The molecule has 1 N–H and O–H groups in total. The Morgan fingerprint density at radius 1 is 1.03 bits per heavy atom. The van der Waals surface area contributed by atoms with Gasteiger partial charge in [-0.2, -0.15) is 18.2 Å². The second-order valence-corrected chi connectivity index (χ2v) is 7.24. The number of hydrogen-bond acceptors (Lipinski definition) is 7. The lowest BCUT2D eigenvalue weighted by molar-refractivity contribution is -0.159. The van der Waals surface area contributed by atoms with Crippen LogP contribution in [0.25, 0.3) is 11.4 Å². The molecule has 0 unspecified atom stereocenters. The minimum atomic E-state index is -4.71. The van der Waals surface area contributed by atoms with Crippen molar-refractivity contribution < 1.29 is 27.3 Å². The van der Waals surface area contributed by atoms with E-state index in [2.05, 4.69) is 25.0 Å². The lowest BCUT2D eigenvalue weighted by atomic mass is 10.2. The molecule has 0 radical (unpaired) electrons. The number of carbonyl (C=O) groups excluding carboxylic acids is 2. The molecule has 1 aromatic carbocycles. The standard InChI is InChI=1S/C21H19F3N6O3/c22-21(23,24)20-27-18(28-33-20)15-6-7-16(25-12-15)29-8-10-30(11-9-29)17(31)13-26-19(32)14-4-2-1-3-5-14/h1-7,12H,8-11,13H2,(H,26,32). The van der Waals surface area contributed by atoms with Crippen LogP contribution in [-0.2, 0) is 11.0 Å². The predicted octanol–water partition coefficient (Wildman–Crippen LogP) is 2.23. The van der Waals surface area contributed by atoms with Gasteiger partial charge in [0.25, 0.3) is 5.91 Å². The fourth-order valence-corrected chi connectivity index (χ4v) is 3.31. The van der Waals surface area contributed by atoms with Gasteiger partial charge >= 0.3 is 12.1 Å². The Kier molecular flexibility index (Phi) is 6.24. The number of benzene rings is 1. The Hall–Kier alpha value is -3.96. The summed E-state index contributed by atoms with van der Waals surface area (Å²) in [6, 6.07) is 11.9. The monoisotopic (exact) mass is 460 g/mol. The maximum absolute atomic E-state index is 12.6.